The molecule has 0 atom stereocenters. The fourth-order valence-corrected chi connectivity index (χ4v) is 2.92. The van der Waals surface area contributed by atoms with Crippen molar-refractivity contribution < 1.29 is 9.72 Å². The fraction of sp³-hybridized carbons (Fsp3) is 0.533. The monoisotopic (exact) mass is 291 g/mol. The molecule has 1 saturated carbocycles. The summed E-state index contributed by atoms with van der Waals surface area (Å²) in [5.41, 5.74) is 6.27. The molecule has 1 amide bonds. The summed E-state index contributed by atoms with van der Waals surface area (Å²) in [7, 11) is 0. The number of nitro benzene ring substituents is 1. The summed E-state index contributed by atoms with van der Waals surface area (Å²) in [6.45, 7) is 2.11. The predicted octanol–water partition coefficient (Wildman–Crippen LogP) is 2.75. The highest BCUT2D eigenvalue weighted by Gasteiger charge is 2.38. The van der Waals surface area contributed by atoms with Gasteiger partial charge in [-0.05, 0) is 31.4 Å². The number of carbonyl (C=O) groups excluding carboxylic acids is 1. The average Bonchev–Trinajstić information content (AvgIpc) is 2.47. The van der Waals surface area contributed by atoms with Gasteiger partial charge in [0, 0.05) is 12.6 Å². The van der Waals surface area contributed by atoms with E-state index in [-0.39, 0.29) is 23.8 Å². The Kier molecular flexibility index (Phi) is 4.57. The van der Waals surface area contributed by atoms with Crippen molar-refractivity contribution in [3.8, 4) is 0 Å². The summed E-state index contributed by atoms with van der Waals surface area (Å²) >= 11 is 0. The molecular weight excluding hydrogens is 270 g/mol. The molecule has 3 N–H and O–H groups in total. The van der Waals surface area contributed by atoms with Crippen LogP contribution in [-0.2, 0) is 4.79 Å². The van der Waals surface area contributed by atoms with Gasteiger partial charge in [0.25, 0.3) is 5.69 Å². The standard InChI is InChI=1S/C15H21N3O3/c1-11-5-6-13(18(20)21)12(9-11)17-14(19)15(10-16)7-3-2-4-8-15/h5-6,9H,2-4,7-8,10,16H2,1H3,(H,17,19). The molecular formula is C15H21N3O3. The van der Waals surface area contributed by atoms with E-state index >= 15 is 0 Å². The maximum absolute atomic E-state index is 12.6. The number of aryl methyl sites for hydroxylation is 1. The van der Waals surface area contributed by atoms with Gasteiger partial charge >= 0.3 is 0 Å². The summed E-state index contributed by atoms with van der Waals surface area (Å²) in [6, 6.07) is 4.71. The molecule has 0 spiro atoms. The van der Waals surface area contributed by atoms with Crippen molar-refractivity contribution in [3.63, 3.8) is 0 Å². The van der Waals surface area contributed by atoms with E-state index in [9.17, 15) is 14.9 Å². The van der Waals surface area contributed by atoms with Crippen LogP contribution < -0.4 is 11.1 Å². The molecule has 114 valence electrons. The maximum Gasteiger partial charge on any atom is 0.292 e. The molecule has 21 heavy (non-hydrogen) atoms. The molecule has 6 nitrogen and oxygen atoms in total. The van der Waals surface area contributed by atoms with Crippen LogP contribution in [0.25, 0.3) is 0 Å². The van der Waals surface area contributed by atoms with Gasteiger partial charge in [0.1, 0.15) is 5.69 Å². The number of carbonyl (C=O) groups is 1. The molecule has 1 fully saturated rings. The number of hydrogen-bond donors (Lipinski definition) is 2. The van der Waals surface area contributed by atoms with E-state index in [1.807, 2.05) is 6.92 Å². The molecule has 0 bridgehead atoms. The summed E-state index contributed by atoms with van der Waals surface area (Å²) < 4.78 is 0. The molecule has 1 aliphatic carbocycles. The maximum atomic E-state index is 12.6. The first kappa shape index (κ1) is 15.4. The minimum atomic E-state index is -0.587. The Morgan fingerprint density at radius 3 is 2.62 bits per heavy atom. The second kappa shape index (κ2) is 6.22. The quantitative estimate of drug-likeness (QED) is 0.658. The second-order valence-electron chi connectivity index (χ2n) is 5.78. The van der Waals surface area contributed by atoms with Gasteiger partial charge in [-0.25, -0.2) is 0 Å². The van der Waals surface area contributed by atoms with Crippen molar-refractivity contribution >= 4 is 17.3 Å². The molecule has 0 radical (unpaired) electrons. The number of nitrogens with two attached hydrogens (primary N) is 1. The van der Waals surface area contributed by atoms with Gasteiger partial charge in [0.15, 0.2) is 0 Å². The van der Waals surface area contributed by atoms with Crippen LogP contribution in [-0.4, -0.2) is 17.4 Å². The van der Waals surface area contributed by atoms with E-state index in [0.29, 0.717) is 0 Å². The highest BCUT2D eigenvalue weighted by Crippen LogP contribution is 2.37. The smallest absolute Gasteiger partial charge is 0.292 e. The zero-order valence-electron chi connectivity index (χ0n) is 12.2. The molecule has 2 rings (SSSR count). The Morgan fingerprint density at radius 1 is 1.38 bits per heavy atom. The molecule has 0 saturated heterocycles. The van der Waals surface area contributed by atoms with Crippen molar-refractivity contribution in [1.82, 2.24) is 0 Å². The number of nitrogens with zero attached hydrogens (tertiary/aromatic N) is 1. The van der Waals surface area contributed by atoms with E-state index in [4.69, 9.17) is 5.73 Å². The predicted molar refractivity (Wildman–Crippen MR) is 81.0 cm³/mol. The van der Waals surface area contributed by atoms with Gasteiger partial charge in [-0.2, -0.15) is 0 Å². The minimum absolute atomic E-state index is 0.0862. The third-order valence-corrected chi connectivity index (χ3v) is 4.28. The van der Waals surface area contributed by atoms with Crippen LogP contribution in [0.15, 0.2) is 18.2 Å². The Balaban J connectivity index is 2.26. The van der Waals surface area contributed by atoms with Crippen molar-refractivity contribution in [2.75, 3.05) is 11.9 Å². The summed E-state index contributed by atoms with van der Waals surface area (Å²) in [5.74, 6) is -0.196. The molecule has 0 unspecified atom stereocenters. The van der Waals surface area contributed by atoms with E-state index in [2.05, 4.69) is 5.32 Å². The van der Waals surface area contributed by atoms with Gasteiger partial charge in [0.05, 0.1) is 10.3 Å². The molecule has 1 aromatic carbocycles. The number of nitrogens with one attached hydrogen (secondary N) is 1. The molecule has 1 aromatic rings. The summed E-state index contributed by atoms with van der Waals surface area (Å²) in [6.07, 6.45) is 4.55. The first-order valence-electron chi connectivity index (χ1n) is 7.25. The van der Waals surface area contributed by atoms with Crippen LogP contribution in [0.2, 0.25) is 0 Å². The van der Waals surface area contributed by atoms with Crippen LogP contribution in [0.3, 0.4) is 0 Å². The molecule has 1 aliphatic rings. The van der Waals surface area contributed by atoms with Crippen molar-refractivity contribution in [2.24, 2.45) is 11.1 Å². The van der Waals surface area contributed by atoms with E-state index in [1.54, 1.807) is 12.1 Å². The van der Waals surface area contributed by atoms with Gasteiger partial charge in [0.2, 0.25) is 5.91 Å². The van der Waals surface area contributed by atoms with E-state index < -0.39 is 10.3 Å². The van der Waals surface area contributed by atoms with Crippen molar-refractivity contribution in [3.05, 3.63) is 33.9 Å². The Bertz CT molecular complexity index is 551. The largest absolute Gasteiger partial charge is 0.329 e. The van der Waals surface area contributed by atoms with E-state index in [1.165, 1.54) is 6.07 Å². The number of amides is 1. The molecule has 0 heterocycles. The highest BCUT2D eigenvalue weighted by atomic mass is 16.6. The zero-order chi connectivity index (χ0) is 15.5. The lowest BCUT2D eigenvalue weighted by atomic mass is 9.73. The Labute approximate surface area is 123 Å². The first-order chi connectivity index (χ1) is 9.98. The summed E-state index contributed by atoms with van der Waals surface area (Å²) in [5, 5.41) is 13.8. The van der Waals surface area contributed by atoms with Gasteiger partial charge in [-0.3, -0.25) is 14.9 Å². The van der Waals surface area contributed by atoms with Gasteiger partial charge < -0.3 is 11.1 Å². The van der Waals surface area contributed by atoms with Crippen LogP contribution in [0, 0.1) is 22.5 Å². The fourth-order valence-electron chi connectivity index (χ4n) is 2.92. The lowest BCUT2D eigenvalue weighted by Gasteiger charge is -2.34. The second-order valence-corrected chi connectivity index (χ2v) is 5.78. The number of nitro groups is 1. The Hall–Kier alpha value is -1.95. The Morgan fingerprint density at radius 2 is 2.05 bits per heavy atom. The lowest BCUT2D eigenvalue weighted by Crippen LogP contribution is -2.43. The van der Waals surface area contributed by atoms with Crippen LogP contribution in [0.5, 0.6) is 0 Å². The number of hydrogen-bond acceptors (Lipinski definition) is 4. The third-order valence-electron chi connectivity index (χ3n) is 4.28. The SMILES string of the molecule is Cc1ccc([N+](=O)[O-])c(NC(=O)C2(CN)CCCCC2)c1. The highest BCUT2D eigenvalue weighted by molar-refractivity contribution is 5.97. The molecule has 0 aromatic heterocycles. The van der Waals surface area contributed by atoms with E-state index in [0.717, 1.165) is 37.7 Å². The normalized spacial score (nSPS) is 17.2. The number of rotatable bonds is 4. The third kappa shape index (κ3) is 3.21. The van der Waals surface area contributed by atoms with Crippen molar-refractivity contribution in [1.29, 1.82) is 0 Å². The van der Waals surface area contributed by atoms with Crippen molar-refractivity contribution in [2.45, 2.75) is 39.0 Å². The van der Waals surface area contributed by atoms with Crippen LogP contribution >= 0.6 is 0 Å². The topological polar surface area (TPSA) is 98.3 Å². The molecule has 6 heteroatoms. The number of anilines is 1. The van der Waals surface area contributed by atoms with Gasteiger partial charge in [-0.15, -0.1) is 0 Å². The summed E-state index contributed by atoms with van der Waals surface area (Å²) in [4.78, 5) is 23.2. The average molecular weight is 291 g/mol. The number of benzene rings is 1. The van der Waals surface area contributed by atoms with Gasteiger partial charge in [-0.1, -0.05) is 25.3 Å². The van der Waals surface area contributed by atoms with Crippen LogP contribution in [0.1, 0.15) is 37.7 Å². The first-order valence-corrected chi connectivity index (χ1v) is 7.25. The molecule has 0 aliphatic heterocycles. The zero-order valence-corrected chi connectivity index (χ0v) is 12.2. The lowest BCUT2D eigenvalue weighted by molar-refractivity contribution is -0.383. The minimum Gasteiger partial charge on any atom is -0.329 e. The van der Waals surface area contributed by atoms with Crippen LogP contribution in [0.4, 0.5) is 11.4 Å².